The van der Waals surface area contributed by atoms with Gasteiger partial charge in [0.25, 0.3) is 5.56 Å². The van der Waals surface area contributed by atoms with Crippen molar-refractivity contribution < 1.29 is 4.79 Å². The molecule has 1 heterocycles. The third-order valence-electron chi connectivity index (χ3n) is 3.20. The molecular weight excluding hydrogens is 334 g/mol. The zero-order valence-corrected chi connectivity index (χ0v) is 14.6. The van der Waals surface area contributed by atoms with Crippen molar-refractivity contribution in [2.75, 3.05) is 6.54 Å². The number of amides is 1. The second-order valence-electron chi connectivity index (χ2n) is 4.91. The van der Waals surface area contributed by atoms with Gasteiger partial charge in [-0.15, -0.1) is 6.58 Å². The van der Waals surface area contributed by atoms with Crippen LogP contribution in [0.15, 0.2) is 40.8 Å². The van der Waals surface area contributed by atoms with Gasteiger partial charge >= 0.3 is 0 Å². The largest absolute Gasteiger partial charge is 0.355 e. The summed E-state index contributed by atoms with van der Waals surface area (Å²) < 4.78 is 1.51. The van der Waals surface area contributed by atoms with Crippen LogP contribution in [-0.4, -0.2) is 27.3 Å². The second kappa shape index (κ2) is 7.66. The first-order valence-electron chi connectivity index (χ1n) is 7.23. The molecule has 122 valence electrons. The van der Waals surface area contributed by atoms with E-state index in [0.29, 0.717) is 34.2 Å². The summed E-state index contributed by atoms with van der Waals surface area (Å²) in [5.41, 5.74) is 0.369. The molecule has 0 bridgehead atoms. The van der Waals surface area contributed by atoms with Crippen molar-refractivity contribution in [3.8, 4) is 0 Å². The molecule has 0 aliphatic rings. The zero-order chi connectivity index (χ0) is 17.0. The van der Waals surface area contributed by atoms with E-state index in [0.717, 1.165) is 0 Å². The summed E-state index contributed by atoms with van der Waals surface area (Å²) in [5.74, 6) is -0.0897. The Kier molecular flexibility index (Phi) is 5.85. The number of carbonyl (C=O) groups is 1. The number of aromatic nitrogens is 2. The van der Waals surface area contributed by atoms with Crippen LogP contribution in [0.25, 0.3) is 10.9 Å². The van der Waals surface area contributed by atoms with Crippen molar-refractivity contribution >= 4 is 40.2 Å². The zero-order valence-electron chi connectivity index (χ0n) is 13.0. The van der Waals surface area contributed by atoms with Crippen molar-refractivity contribution in [1.82, 2.24) is 14.9 Å². The first-order chi connectivity index (χ1) is 11.0. The Balaban J connectivity index is 2.51. The predicted molar refractivity (Wildman–Crippen MR) is 95.2 cm³/mol. The number of hydrogen-bond acceptors (Lipinski definition) is 4. The molecule has 23 heavy (non-hydrogen) atoms. The quantitative estimate of drug-likeness (QED) is 0.494. The highest BCUT2D eigenvalue weighted by Crippen LogP contribution is 2.23. The Morgan fingerprint density at radius 3 is 2.96 bits per heavy atom. The maximum Gasteiger partial charge on any atom is 0.262 e. The number of halogens is 1. The Morgan fingerprint density at radius 2 is 2.30 bits per heavy atom. The lowest BCUT2D eigenvalue weighted by Gasteiger charge is -2.15. The lowest BCUT2D eigenvalue weighted by atomic mass is 10.2. The van der Waals surface area contributed by atoms with Crippen molar-refractivity contribution in [2.45, 2.75) is 30.8 Å². The highest BCUT2D eigenvalue weighted by Gasteiger charge is 2.18. The van der Waals surface area contributed by atoms with E-state index >= 15 is 0 Å². The highest BCUT2D eigenvalue weighted by atomic mass is 35.5. The van der Waals surface area contributed by atoms with E-state index in [1.54, 1.807) is 31.2 Å². The van der Waals surface area contributed by atoms with Crippen LogP contribution in [0.4, 0.5) is 0 Å². The molecule has 2 aromatic rings. The molecule has 5 nitrogen and oxygen atoms in total. The van der Waals surface area contributed by atoms with Crippen LogP contribution in [0.3, 0.4) is 0 Å². The minimum absolute atomic E-state index is 0.0897. The lowest BCUT2D eigenvalue weighted by molar-refractivity contribution is -0.120. The summed E-state index contributed by atoms with van der Waals surface area (Å²) in [7, 11) is 0. The number of allylic oxidation sites excluding steroid dienone is 1. The number of rotatable bonds is 6. The third kappa shape index (κ3) is 3.95. The monoisotopic (exact) mass is 351 g/mol. The molecule has 2 rings (SSSR count). The molecule has 0 aliphatic heterocycles. The summed E-state index contributed by atoms with van der Waals surface area (Å²) in [6.45, 7) is 8.20. The van der Waals surface area contributed by atoms with E-state index in [1.807, 2.05) is 6.92 Å². The Hall–Kier alpha value is -1.79. The number of benzene rings is 1. The molecule has 1 aromatic carbocycles. The van der Waals surface area contributed by atoms with Gasteiger partial charge in [-0.1, -0.05) is 29.4 Å². The van der Waals surface area contributed by atoms with Gasteiger partial charge in [-0.2, -0.15) is 0 Å². The summed E-state index contributed by atoms with van der Waals surface area (Å²) in [5, 5.41) is 3.83. The van der Waals surface area contributed by atoms with E-state index < -0.39 is 0 Å². The summed E-state index contributed by atoms with van der Waals surface area (Å²) in [6.07, 6.45) is 1.63. The summed E-state index contributed by atoms with van der Waals surface area (Å²) >= 11 is 7.22. The first kappa shape index (κ1) is 17.6. The fraction of sp³-hybridized carbons (Fsp3) is 0.312. The Bertz CT molecular complexity index is 804. The van der Waals surface area contributed by atoms with Gasteiger partial charge in [0.15, 0.2) is 5.16 Å². The predicted octanol–water partition coefficient (Wildman–Crippen LogP) is 2.85. The maximum atomic E-state index is 12.7. The molecule has 0 saturated carbocycles. The average molecular weight is 352 g/mol. The summed E-state index contributed by atoms with van der Waals surface area (Å²) in [4.78, 5) is 29.1. The van der Waals surface area contributed by atoms with Crippen LogP contribution in [0, 0.1) is 0 Å². The van der Waals surface area contributed by atoms with Crippen LogP contribution >= 0.6 is 23.4 Å². The molecular formula is C16H18ClN3O2S. The van der Waals surface area contributed by atoms with Gasteiger partial charge in [-0.05, 0) is 32.0 Å². The number of fused-ring (bicyclic) bond motifs is 1. The van der Waals surface area contributed by atoms with Gasteiger partial charge in [0.05, 0.1) is 16.2 Å². The fourth-order valence-corrected chi connectivity index (χ4v) is 3.20. The van der Waals surface area contributed by atoms with Gasteiger partial charge in [0.2, 0.25) is 5.91 Å². The van der Waals surface area contributed by atoms with E-state index in [-0.39, 0.29) is 16.7 Å². The smallest absolute Gasteiger partial charge is 0.262 e. The van der Waals surface area contributed by atoms with E-state index in [1.165, 1.54) is 16.3 Å². The highest BCUT2D eigenvalue weighted by molar-refractivity contribution is 8.00. The number of hydrogen-bond donors (Lipinski definition) is 1. The number of nitrogens with zero attached hydrogens (tertiary/aromatic N) is 2. The van der Waals surface area contributed by atoms with Crippen LogP contribution in [0.2, 0.25) is 5.02 Å². The lowest BCUT2D eigenvalue weighted by Crippen LogP contribution is -2.31. The molecule has 0 aliphatic carbocycles. The minimum Gasteiger partial charge on any atom is -0.355 e. The minimum atomic E-state index is -0.359. The Morgan fingerprint density at radius 1 is 1.57 bits per heavy atom. The molecule has 0 unspecified atom stereocenters. The van der Waals surface area contributed by atoms with Gasteiger partial charge in [0.1, 0.15) is 0 Å². The number of thioether (sulfide) groups is 1. The third-order valence-corrected chi connectivity index (χ3v) is 4.52. The first-order valence-corrected chi connectivity index (χ1v) is 8.49. The maximum absolute atomic E-state index is 12.7. The fourth-order valence-electron chi connectivity index (χ4n) is 2.08. The van der Waals surface area contributed by atoms with Crippen molar-refractivity contribution in [2.24, 2.45) is 0 Å². The molecule has 0 saturated heterocycles. The molecule has 0 radical (unpaired) electrons. The molecule has 7 heteroatoms. The van der Waals surface area contributed by atoms with Crippen molar-refractivity contribution in [1.29, 1.82) is 0 Å². The van der Waals surface area contributed by atoms with Gasteiger partial charge in [-0.3, -0.25) is 14.2 Å². The number of carbonyl (C=O) groups excluding carboxylic acids is 1. The van der Waals surface area contributed by atoms with E-state index in [9.17, 15) is 9.59 Å². The number of nitrogens with one attached hydrogen (secondary N) is 1. The van der Waals surface area contributed by atoms with Crippen molar-refractivity contribution in [3.05, 3.63) is 46.2 Å². The van der Waals surface area contributed by atoms with Crippen LogP contribution in [0.5, 0.6) is 0 Å². The molecule has 0 fully saturated rings. The van der Waals surface area contributed by atoms with Crippen molar-refractivity contribution in [3.63, 3.8) is 0 Å². The van der Waals surface area contributed by atoms with E-state index in [4.69, 9.17) is 11.6 Å². The molecule has 1 amide bonds. The molecule has 1 N–H and O–H groups in total. The Labute approximate surface area is 143 Å². The van der Waals surface area contributed by atoms with Gasteiger partial charge in [0, 0.05) is 18.1 Å². The molecule has 0 spiro atoms. The van der Waals surface area contributed by atoms with Gasteiger partial charge in [-0.25, -0.2) is 4.98 Å². The molecule has 1 atom stereocenters. The van der Waals surface area contributed by atoms with Crippen LogP contribution in [-0.2, 0) is 11.3 Å². The van der Waals surface area contributed by atoms with Gasteiger partial charge < -0.3 is 5.32 Å². The molecule has 1 aromatic heterocycles. The average Bonchev–Trinajstić information content (AvgIpc) is 2.52. The summed E-state index contributed by atoms with van der Waals surface area (Å²) in [6, 6.07) is 5.00. The van der Waals surface area contributed by atoms with Crippen LogP contribution in [0.1, 0.15) is 13.8 Å². The van der Waals surface area contributed by atoms with Crippen LogP contribution < -0.4 is 10.9 Å². The SMILES string of the molecule is C=CCn1c(S[C@@H](C)C(=O)NCC)nc2ccc(Cl)cc2c1=O. The normalized spacial score (nSPS) is 12.1. The topological polar surface area (TPSA) is 64.0 Å². The second-order valence-corrected chi connectivity index (χ2v) is 6.66. The standard InChI is InChI=1S/C16H18ClN3O2S/c1-4-8-20-15(22)12-9-11(17)6-7-13(12)19-16(20)23-10(3)14(21)18-5-2/h4,6-7,9-10H,1,5,8H2,2-3H3,(H,18,21)/t10-/m0/s1. The van der Waals surface area contributed by atoms with E-state index in [2.05, 4.69) is 16.9 Å².